The number of nitrogens with one attached hydrogen (secondary N) is 3. The number of benzene rings is 2. The lowest BCUT2D eigenvalue weighted by atomic mass is 10.2. The highest BCUT2D eigenvalue weighted by Crippen LogP contribution is 2.21. The van der Waals surface area contributed by atoms with Gasteiger partial charge in [-0.25, -0.2) is 13.2 Å². The van der Waals surface area contributed by atoms with Crippen LogP contribution in [0.25, 0.3) is 0 Å². The van der Waals surface area contributed by atoms with Gasteiger partial charge in [-0.1, -0.05) is 12.1 Å². The zero-order valence-electron chi connectivity index (χ0n) is 16.8. The quantitative estimate of drug-likeness (QED) is 0.371. The molecule has 0 unspecified atom stereocenters. The first-order valence-corrected chi connectivity index (χ1v) is 9.66. The second-order valence-electron chi connectivity index (χ2n) is 6.87. The molecule has 0 saturated carbocycles. The zero-order valence-corrected chi connectivity index (χ0v) is 16.8. The Morgan fingerprint density at radius 3 is 2.45 bits per heavy atom. The van der Waals surface area contributed by atoms with E-state index in [-0.39, 0.29) is 12.5 Å². The van der Waals surface area contributed by atoms with Gasteiger partial charge in [-0.05, 0) is 36.2 Å². The molecule has 0 aliphatic carbocycles. The van der Waals surface area contributed by atoms with E-state index < -0.39 is 29.0 Å². The molecule has 2 aromatic rings. The number of halogens is 3. The number of anilines is 2. The summed E-state index contributed by atoms with van der Waals surface area (Å²) in [5.41, 5.74) is 1.34. The van der Waals surface area contributed by atoms with Crippen molar-refractivity contribution in [2.24, 2.45) is 4.99 Å². The first kappa shape index (κ1) is 22.1. The minimum absolute atomic E-state index is 0.122. The molecule has 31 heavy (non-hydrogen) atoms. The van der Waals surface area contributed by atoms with Crippen LogP contribution in [-0.2, 0) is 16.1 Å². The van der Waals surface area contributed by atoms with Crippen molar-refractivity contribution in [3.63, 3.8) is 0 Å². The van der Waals surface area contributed by atoms with Crippen molar-refractivity contribution in [2.75, 3.05) is 30.4 Å². The Kier molecular flexibility index (Phi) is 7.11. The van der Waals surface area contributed by atoms with E-state index >= 15 is 0 Å². The van der Waals surface area contributed by atoms with Crippen LogP contribution in [0.3, 0.4) is 0 Å². The van der Waals surface area contributed by atoms with Crippen LogP contribution in [0.1, 0.15) is 18.4 Å². The number of guanidine groups is 1. The van der Waals surface area contributed by atoms with E-state index in [9.17, 15) is 22.8 Å². The van der Waals surface area contributed by atoms with Crippen LogP contribution in [0.15, 0.2) is 41.4 Å². The average Bonchev–Trinajstić information content (AvgIpc) is 3.20. The lowest BCUT2D eigenvalue weighted by Gasteiger charge is -2.16. The smallest absolute Gasteiger partial charge is 0.243 e. The average molecular weight is 433 g/mol. The molecular formula is C21H22F3N5O2. The fourth-order valence-corrected chi connectivity index (χ4v) is 3.10. The molecule has 7 nitrogen and oxygen atoms in total. The number of hydrogen-bond acceptors (Lipinski definition) is 3. The number of rotatable bonds is 6. The van der Waals surface area contributed by atoms with E-state index in [1.54, 1.807) is 4.90 Å². The fourth-order valence-electron chi connectivity index (χ4n) is 3.10. The molecule has 0 spiro atoms. The Morgan fingerprint density at radius 1 is 1.06 bits per heavy atom. The summed E-state index contributed by atoms with van der Waals surface area (Å²) in [5.74, 6) is -4.67. The van der Waals surface area contributed by atoms with Gasteiger partial charge in [0.05, 0.1) is 12.2 Å². The number of hydrogen-bond donors (Lipinski definition) is 3. The second-order valence-corrected chi connectivity index (χ2v) is 6.87. The molecule has 3 N–H and O–H groups in total. The van der Waals surface area contributed by atoms with Crippen LogP contribution in [0.5, 0.6) is 0 Å². The molecule has 3 rings (SSSR count). The van der Waals surface area contributed by atoms with Gasteiger partial charge in [0, 0.05) is 32.2 Å². The van der Waals surface area contributed by atoms with Crippen LogP contribution in [0.2, 0.25) is 0 Å². The topological polar surface area (TPSA) is 85.8 Å². The number of amides is 2. The van der Waals surface area contributed by atoms with Gasteiger partial charge in [0.15, 0.2) is 23.4 Å². The summed E-state index contributed by atoms with van der Waals surface area (Å²) in [4.78, 5) is 29.5. The summed E-state index contributed by atoms with van der Waals surface area (Å²) >= 11 is 0. The summed E-state index contributed by atoms with van der Waals surface area (Å²) in [5, 5.41) is 7.95. The van der Waals surface area contributed by atoms with Crippen LogP contribution >= 0.6 is 0 Å². The Morgan fingerprint density at radius 2 is 1.81 bits per heavy atom. The lowest BCUT2D eigenvalue weighted by molar-refractivity contribution is -0.117. The Bertz CT molecular complexity index is 995. The molecule has 0 radical (unpaired) electrons. The molecule has 0 atom stereocenters. The first-order valence-electron chi connectivity index (χ1n) is 9.66. The maximum absolute atomic E-state index is 13.6. The van der Waals surface area contributed by atoms with Crippen molar-refractivity contribution in [1.82, 2.24) is 10.6 Å². The first-order chi connectivity index (χ1) is 14.9. The molecule has 1 aliphatic heterocycles. The van der Waals surface area contributed by atoms with Gasteiger partial charge in [0.25, 0.3) is 0 Å². The molecule has 2 aromatic carbocycles. The van der Waals surface area contributed by atoms with Gasteiger partial charge >= 0.3 is 0 Å². The van der Waals surface area contributed by atoms with E-state index in [1.165, 1.54) is 7.05 Å². The summed E-state index contributed by atoms with van der Waals surface area (Å²) in [6.45, 7) is 0.866. The van der Waals surface area contributed by atoms with Crippen LogP contribution < -0.4 is 20.9 Å². The number of aliphatic imine (C=N–C) groups is 1. The van der Waals surface area contributed by atoms with Crippen molar-refractivity contribution < 1.29 is 22.8 Å². The van der Waals surface area contributed by atoms with Gasteiger partial charge in [0.2, 0.25) is 11.8 Å². The fraction of sp³-hybridized carbons (Fsp3) is 0.286. The third kappa shape index (κ3) is 5.53. The molecular weight excluding hydrogens is 411 g/mol. The van der Waals surface area contributed by atoms with E-state index in [0.717, 1.165) is 36.3 Å². The van der Waals surface area contributed by atoms with Gasteiger partial charge in [-0.15, -0.1) is 0 Å². The molecule has 1 heterocycles. The zero-order chi connectivity index (χ0) is 22.4. The normalized spacial score (nSPS) is 14.0. The van der Waals surface area contributed by atoms with Crippen molar-refractivity contribution >= 4 is 29.1 Å². The van der Waals surface area contributed by atoms with Crippen molar-refractivity contribution in [1.29, 1.82) is 0 Å². The molecule has 1 aliphatic rings. The molecule has 0 aromatic heterocycles. The largest absolute Gasteiger partial charge is 0.352 e. The summed E-state index contributed by atoms with van der Waals surface area (Å²) in [7, 11) is 1.52. The highest BCUT2D eigenvalue weighted by atomic mass is 19.2. The maximum Gasteiger partial charge on any atom is 0.243 e. The molecule has 1 fully saturated rings. The summed E-state index contributed by atoms with van der Waals surface area (Å²) in [6.07, 6.45) is 1.43. The van der Waals surface area contributed by atoms with Gasteiger partial charge in [0.1, 0.15) is 0 Å². The van der Waals surface area contributed by atoms with Crippen LogP contribution in [-0.4, -0.2) is 37.9 Å². The standard InChI is InChI=1S/C21H22F3N5O2/c1-25-21(27-12-17(30)28-16-9-8-15(22)19(23)20(16)24)26-11-13-4-6-14(7-5-13)29-10-2-3-18(29)31/h4-9H,2-3,10-12H2,1H3,(H,28,30)(H2,25,26,27). The third-order valence-corrected chi connectivity index (χ3v) is 4.73. The van der Waals surface area contributed by atoms with Gasteiger partial charge in [-0.3, -0.25) is 14.6 Å². The predicted molar refractivity (Wildman–Crippen MR) is 111 cm³/mol. The van der Waals surface area contributed by atoms with E-state index in [0.29, 0.717) is 18.9 Å². The summed E-state index contributed by atoms with van der Waals surface area (Å²) < 4.78 is 39.8. The monoisotopic (exact) mass is 433 g/mol. The van der Waals surface area contributed by atoms with Crippen LogP contribution in [0, 0.1) is 17.5 Å². The molecule has 10 heteroatoms. The predicted octanol–water partition coefficient (Wildman–Crippen LogP) is 2.53. The van der Waals surface area contributed by atoms with Gasteiger partial charge < -0.3 is 20.9 Å². The van der Waals surface area contributed by atoms with Crippen molar-refractivity contribution in [3.8, 4) is 0 Å². The minimum Gasteiger partial charge on any atom is -0.352 e. The Hall–Kier alpha value is -3.56. The Labute approximate surface area is 177 Å². The molecule has 2 amide bonds. The van der Waals surface area contributed by atoms with Crippen molar-refractivity contribution in [3.05, 3.63) is 59.4 Å². The van der Waals surface area contributed by atoms with E-state index in [1.807, 2.05) is 24.3 Å². The van der Waals surface area contributed by atoms with E-state index in [2.05, 4.69) is 20.9 Å². The van der Waals surface area contributed by atoms with Crippen molar-refractivity contribution in [2.45, 2.75) is 19.4 Å². The highest BCUT2D eigenvalue weighted by Gasteiger charge is 2.21. The number of carbonyl (C=O) groups excluding carboxylic acids is 2. The summed E-state index contributed by atoms with van der Waals surface area (Å²) in [6, 6.07) is 9.20. The van der Waals surface area contributed by atoms with Gasteiger partial charge in [-0.2, -0.15) is 0 Å². The lowest BCUT2D eigenvalue weighted by Crippen LogP contribution is -2.41. The second kappa shape index (κ2) is 9.96. The third-order valence-electron chi connectivity index (χ3n) is 4.73. The Balaban J connectivity index is 1.48. The molecule has 164 valence electrons. The number of carbonyl (C=O) groups is 2. The number of nitrogens with zero attached hydrogens (tertiary/aromatic N) is 2. The SMILES string of the molecule is CN=C(NCC(=O)Nc1ccc(F)c(F)c1F)NCc1ccc(N2CCCC2=O)cc1. The van der Waals surface area contributed by atoms with Crippen LogP contribution in [0.4, 0.5) is 24.5 Å². The minimum atomic E-state index is -1.65. The maximum atomic E-state index is 13.6. The molecule has 0 bridgehead atoms. The highest BCUT2D eigenvalue weighted by molar-refractivity contribution is 5.96. The van der Waals surface area contributed by atoms with E-state index in [4.69, 9.17) is 0 Å². The molecule has 1 saturated heterocycles.